The van der Waals surface area contributed by atoms with E-state index in [9.17, 15) is 9.59 Å². The lowest BCUT2D eigenvalue weighted by Crippen LogP contribution is -2.24. The van der Waals surface area contributed by atoms with Crippen LogP contribution in [-0.4, -0.2) is 22.5 Å². The van der Waals surface area contributed by atoms with E-state index in [0.717, 1.165) is 16.3 Å². The van der Waals surface area contributed by atoms with Gasteiger partial charge >= 0.3 is 0 Å². The van der Waals surface area contributed by atoms with E-state index in [1.54, 1.807) is 42.1 Å². The van der Waals surface area contributed by atoms with Crippen LogP contribution in [0.25, 0.3) is 0 Å². The minimum absolute atomic E-state index is 0.0847. The quantitative estimate of drug-likeness (QED) is 0.623. The van der Waals surface area contributed by atoms with Crippen LogP contribution in [0.4, 0.5) is 5.69 Å². The van der Waals surface area contributed by atoms with E-state index in [1.807, 2.05) is 24.3 Å². The van der Waals surface area contributed by atoms with Crippen molar-refractivity contribution >= 4 is 34.7 Å². The number of fused-ring (bicyclic) bond motifs is 5. The standard InChI is InChI=1S/C20H11NO2S/c22-18-11-5-1-2-6-12(11)19(23)17-13(18)9-10-15-20(17)24-16-8-4-3-7-14(16)21-15/h1-10,16H. The van der Waals surface area contributed by atoms with E-state index in [1.165, 1.54) is 0 Å². The highest BCUT2D eigenvalue weighted by Crippen LogP contribution is 2.45. The maximum Gasteiger partial charge on any atom is 0.195 e. The molecule has 5 rings (SSSR count). The van der Waals surface area contributed by atoms with Crippen LogP contribution in [0.5, 0.6) is 0 Å². The lowest BCUT2D eigenvalue weighted by atomic mass is 9.84. The van der Waals surface area contributed by atoms with Crippen molar-refractivity contribution in [2.45, 2.75) is 10.1 Å². The van der Waals surface area contributed by atoms with Crippen LogP contribution in [0.2, 0.25) is 0 Å². The molecule has 3 nitrogen and oxygen atoms in total. The second-order valence-electron chi connectivity index (χ2n) is 5.86. The summed E-state index contributed by atoms with van der Waals surface area (Å²) in [5.74, 6) is -0.170. The minimum Gasteiger partial charge on any atom is -0.289 e. The van der Waals surface area contributed by atoms with E-state index in [0.29, 0.717) is 22.3 Å². The van der Waals surface area contributed by atoms with Gasteiger partial charge in [-0.15, -0.1) is 11.8 Å². The minimum atomic E-state index is -0.0857. The second kappa shape index (κ2) is 4.89. The summed E-state index contributed by atoms with van der Waals surface area (Å²) >= 11 is 1.59. The maximum atomic E-state index is 13.0. The summed E-state index contributed by atoms with van der Waals surface area (Å²) in [6.07, 6.45) is 8.00. The zero-order valence-corrected chi connectivity index (χ0v) is 13.3. The molecular formula is C20H11NO2S. The first-order valence-electron chi connectivity index (χ1n) is 7.69. The molecule has 24 heavy (non-hydrogen) atoms. The third-order valence-corrected chi connectivity index (χ3v) is 5.78. The molecule has 0 fully saturated rings. The molecule has 4 heteroatoms. The zero-order valence-electron chi connectivity index (χ0n) is 12.5. The number of hydrogen-bond acceptors (Lipinski definition) is 4. The van der Waals surface area contributed by atoms with Crippen molar-refractivity contribution in [3.8, 4) is 0 Å². The maximum absolute atomic E-state index is 13.0. The van der Waals surface area contributed by atoms with E-state index in [4.69, 9.17) is 0 Å². The normalized spacial score (nSPS) is 20.0. The van der Waals surface area contributed by atoms with Crippen molar-refractivity contribution in [1.82, 2.24) is 0 Å². The van der Waals surface area contributed by atoms with Gasteiger partial charge in [0.15, 0.2) is 11.6 Å². The molecule has 2 aliphatic carbocycles. The van der Waals surface area contributed by atoms with Crippen molar-refractivity contribution in [3.63, 3.8) is 0 Å². The number of carbonyl (C=O) groups is 2. The third kappa shape index (κ3) is 1.77. The van der Waals surface area contributed by atoms with Crippen LogP contribution in [0, 0.1) is 0 Å². The average molecular weight is 329 g/mol. The van der Waals surface area contributed by atoms with Gasteiger partial charge in [-0.25, -0.2) is 0 Å². The lowest BCUT2D eigenvalue weighted by molar-refractivity contribution is 0.0977. The molecule has 3 aliphatic rings. The number of hydrogen-bond donors (Lipinski definition) is 0. The van der Waals surface area contributed by atoms with Gasteiger partial charge in [0.05, 0.1) is 16.6 Å². The molecule has 0 spiro atoms. The van der Waals surface area contributed by atoms with Gasteiger partial charge in [-0.1, -0.05) is 42.5 Å². The van der Waals surface area contributed by atoms with Crippen molar-refractivity contribution < 1.29 is 9.59 Å². The summed E-state index contributed by atoms with van der Waals surface area (Å²) in [5, 5.41) is 0.0917. The number of benzene rings is 2. The molecule has 114 valence electrons. The van der Waals surface area contributed by atoms with E-state index in [-0.39, 0.29) is 16.8 Å². The molecule has 1 unspecified atom stereocenters. The van der Waals surface area contributed by atoms with Crippen LogP contribution in [0.1, 0.15) is 31.8 Å². The zero-order chi connectivity index (χ0) is 16.3. The first kappa shape index (κ1) is 13.7. The molecule has 1 atom stereocenters. The van der Waals surface area contributed by atoms with Crippen LogP contribution < -0.4 is 0 Å². The third-order valence-electron chi connectivity index (χ3n) is 4.47. The van der Waals surface area contributed by atoms with Gasteiger partial charge < -0.3 is 0 Å². The van der Waals surface area contributed by atoms with Gasteiger partial charge in [0.2, 0.25) is 0 Å². The van der Waals surface area contributed by atoms with Gasteiger partial charge in [0.25, 0.3) is 0 Å². The molecule has 0 saturated carbocycles. The van der Waals surface area contributed by atoms with Gasteiger partial charge in [-0.2, -0.15) is 0 Å². The van der Waals surface area contributed by atoms with Crippen molar-refractivity contribution in [2.75, 3.05) is 0 Å². The fraction of sp³-hybridized carbons (Fsp3) is 0.0500. The molecule has 0 saturated heterocycles. The molecule has 1 aliphatic heterocycles. The Bertz CT molecular complexity index is 1030. The molecule has 0 bridgehead atoms. The lowest BCUT2D eigenvalue weighted by Gasteiger charge is -2.26. The average Bonchev–Trinajstić information content (AvgIpc) is 2.63. The summed E-state index contributed by atoms with van der Waals surface area (Å²) in [4.78, 5) is 31.3. The molecular weight excluding hydrogens is 318 g/mol. The predicted octanol–water partition coefficient (Wildman–Crippen LogP) is 4.13. The summed E-state index contributed by atoms with van der Waals surface area (Å²) in [7, 11) is 0. The number of ketones is 2. The number of rotatable bonds is 0. The molecule has 2 aromatic carbocycles. The molecule has 1 heterocycles. The van der Waals surface area contributed by atoms with E-state index in [2.05, 4.69) is 11.1 Å². The Balaban J connectivity index is 1.77. The van der Waals surface area contributed by atoms with Crippen molar-refractivity contribution in [3.05, 3.63) is 83.0 Å². The fourth-order valence-electron chi connectivity index (χ4n) is 3.33. The number of nitrogens with zero attached hydrogens (tertiary/aromatic N) is 1. The molecule has 0 amide bonds. The molecule has 0 N–H and O–H groups in total. The Hall–Kier alpha value is -2.72. The van der Waals surface area contributed by atoms with Gasteiger partial charge in [0, 0.05) is 27.1 Å². The summed E-state index contributed by atoms with van der Waals surface area (Å²) in [6, 6.07) is 10.6. The largest absolute Gasteiger partial charge is 0.289 e. The summed E-state index contributed by atoms with van der Waals surface area (Å²) < 4.78 is 0. The highest BCUT2D eigenvalue weighted by atomic mass is 32.2. The number of carbonyl (C=O) groups excluding carboxylic acids is 2. The van der Waals surface area contributed by atoms with Crippen LogP contribution in [-0.2, 0) is 0 Å². The van der Waals surface area contributed by atoms with E-state index < -0.39 is 0 Å². The molecule has 0 aromatic heterocycles. The van der Waals surface area contributed by atoms with Gasteiger partial charge in [-0.05, 0) is 18.2 Å². The van der Waals surface area contributed by atoms with E-state index >= 15 is 0 Å². The monoisotopic (exact) mass is 329 g/mol. The Morgan fingerprint density at radius 1 is 0.875 bits per heavy atom. The first-order valence-corrected chi connectivity index (χ1v) is 8.57. The Kier molecular flexibility index (Phi) is 2.79. The van der Waals surface area contributed by atoms with Gasteiger partial charge in [-0.3, -0.25) is 14.6 Å². The fourth-order valence-corrected chi connectivity index (χ4v) is 4.56. The topological polar surface area (TPSA) is 46.5 Å². The highest BCUT2D eigenvalue weighted by molar-refractivity contribution is 8.01. The smallest absolute Gasteiger partial charge is 0.195 e. The molecule has 2 aromatic rings. The Labute approximate surface area is 142 Å². The van der Waals surface area contributed by atoms with Crippen molar-refractivity contribution in [2.24, 2.45) is 4.99 Å². The number of aliphatic imine (C=N–C) groups is 1. The van der Waals surface area contributed by atoms with Gasteiger partial charge in [0.1, 0.15) is 0 Å². The SMILES string of the molecule is O=C1c2ccccc2C(=O)c2c1ccc1c2SC2C=CC=CC2=N1. The Morgan fingerprint density at radius 3 is 2.50 bits per heavy atom. The molecule has 0 radical (unpaired) electrons. The number of allylic oxidation sites excluding steroid dienone is 3. The second-order valence-corrected chi connectivity index (χ2v) is 7.01. The highest BCUT2D eigenvalue weighted by Gasteiger charge is 2.35. The van der Waals surface area contributed by atoms with Crippen LogP contribution in [0.3, 0.4) is 0 Å². The summed E-state index contributed by atoms with van der Waals surface area (Å²) in [5.41, 5.74) is 3.71. The predicted molar refractivity (Wildman–Crippen MR) is 94.8 cm³/mol. The Morgan fingerprint density at radius 2 is 1.67 bits per heavy atom. The van der Waals surface area contributed by atoms with Crippen LogP contribution >= 0.6 is 11.8 Å². The number of thioether (sulfide) groups is 1. The van der Waals surface area contributed by atoms with Crippen molar-refractivity contribution in [1.29, 1.82) is 0 Å². The van der Waals surface area contributed by atoms with Crippen LogP contribution in [0.15, 0.2) is 70.6 Å². The first-order chi connectivity index (χ1) is 11.7. The summed E-state index contributed by atoms with van der Waals surface area (Å²) in [6.45, 7) is 0.